The Balaban J connectivity index is 1.25. The molecule has 5 aromatic rings. The third-order valence-corrected chi connectivity index (χ3v) is 9.73. The average molecular weight is 572 g/mol. The fourth-order valence-electron chi connectivity index (χ4n) is 6.48. The molecule has 1 atom stereocenters. The van der Waals surface area contributed by atoms with E-state index in [4.69, 9.17) is 4.98 Å². The van der Waals surface area contributed by atoms with E-state index in [0.29, 0.717) is 23.5 Å². The van der Waals surface area contributed by atoms with E-state index in [1.54, 1.807) is 11.3 Å². The van der Waals surface area contributed by atoms with Gasteiger partial charge in [0.05, 0.1) is 22.7 Å². The molecule has 2 aliphatic heterocycles. The molecule has 0 spiro atoms. The van der Waals surface area contributed by atoms with E-state index in [1.807, 2.05) is 42.5 Å². The number of hydrogen-bond donors (Lipinski definition) is 1. The predicted octanol–water partition coefficient (Wildman–Crippen LogP) is 7.30. The summed E-state index contributed by atoms with van der Waals surface area (Å²) in [6.07, 6.45) is 4.60. The number of benzene rings is 3. The van der Waals surface area contributed by atoms with Gasteiger partial charge in [-0.1, -0.05) is 36.4 Å². The summed E-state index contributed by atoms with van der Waals surface area (Å²) in [4.78, 5) is 23.9. The highest BCUT2D eigenvalue weighted by Gasteiger charge is 2.32. The van der Waals surface area contributed by atoms with Crippen LogP contribution in [0.25, 0.3) is 32.1 Å². The van der Waals surface area contributed by atoms with Gasteiger partial charge in [0.25, 0.3) is 5.91 Å². The van der Waals surface area contributed by atoms with Crippen LogP contribution < -0.4 is 5.32 Å². The smallest absolute Gasteiger partial charge is 0.254 e. The van der Waals surface area contributed by atoms with Crippen LogP contribution in [0.4, 0.5) is 5.82 Å². The lowest BCUT2D eigenvalue weighted by atomic mass is 9.99. The minimum Gasteiger partial charge on any atom is -0.366 e. The van der Waals surface area contributed by atoms with Crippen molar-refractivity contribution in [3.63, 3.8) is 0 Å². The number of amides is 1. The second-order valence-electron chi connectivity index (χ2n) is 11.4. The van der Waals surface area contributed by atoms with Crippen molar-refractivity contribution in [1.82, 2.24) is 14.8 Å². The van der Waals surface area contributed by atoms with E-state index in [2.05, 4.69) is 56.9 Å². The molecular weight excluding hydrogens is 538 g/mol. The SMILES string of the molecule is N#Cc1ccc(-c2ccc3nc(NCc4csc5ccccc45)cc(C(=O)N4CCC[C@H]4CN4CCCC4)c3c2)cc1. The Kier molecular flexibility index (Phi) is 7.33. The van der Waals surface area contributed by atoms with E-state index in [9.17, 15) is 10.1 Å². The highest BCUT2D eigenvalue weighted by Crippen LogP contribution is 2.32. The number of thiophene rings is 1. The maximum absolute atomic E-state index is 14.4. The maximum Gasteiger partial charge on any atom is 0.254 e. The lowest BCUT2D eigenvalue weighted by Gasteiger charge is -2.29. The summed E-state index contributed by atoms with van der Waals surface area (Å²) in [6.45, 7) is 4.66. The molecule has 42 heavy (non-hydrogen) atoms. The zero-order chi connectivity index (χ0) is 28.5. The molecule has 4 heterocycles. The molecule has 2 saturated heterocycles. The van der Waals surface area contributed by atoms with E-state index < -0.39 is 0 Å². The first-order chi connectivity index (χ1) is 20.7. The van der Waals surface area contributed by atoms with Gasteiger partial charge < -0.3 is 15.1 Å². The number of nitriles is 1. The van der Waals surface area contributed by atoms with Crippen LogP contribution in [-0.2, 0) is 6.54 Å². The number of nitrogens with zero attached hydrogens (tertiary/aromatic N) is 4. The minimum atomic E-state index is 0.0881. The zero-order valence-corrected chi connectivity index (χ0v) is 24.4. The fourth-order valence-corrected chi connectivity index (χ4v) is 7.44. The van der Waals surface area contributed by atoms with Crippen molar-refractivity contribution in [2.45, 2.75) is 38.3 Å². The number of fused-ring (bicyclic) bond motifs is 2. The molecule has 2 aliphatic rings. The molecular formula is C35H33N5OS. The second kappa shape index (κ2) is 11.6. The van der Waals surface area contributed by atoms with Gasteiger partial charge in [-0.2, -0.15) is 5.26 Å². The Morgan fingerprint density at radius 3 is 2.60 bits per heavy atom. The summed E-state index contributed by atoms with van der Waals surface area (Å²) in [6, 6.07) is 26.6. The van der Waals surface area contributed by atoms with Crippen LogP contribution in [-0.4, -0.2) is 52.9 Å². The van der Waals surface area contributed by atoms with Crippen LogP contribution in [0.5, 0.6) is 0 Å². The van der Waals surface area contributed by atoms with Gasteiger partial charge in [-0.3, -0.25) is 4.79 Å². The Hall–Kier alpha value is -4.25. The summed E-state index contributed by atoms with van der Waals surface area (Å²) in [7, 11) is 0. The van der Waals surface area contributed by atoms with Gasteiger partial charge in [-0.15, -0.1) is 11.3 Å². The number of likely N-dealkylation sites (tertiary alicyclic amines) is 2. The van der Waals surface area contributed by atoms with Crippen molar-refractivity contribution in [1.29, 1.82) is 5.26 Å². The first-order valence-electron chi connectivity index (χ1n) is 14.8. The van der Waals surface area contributed by atoms with Crippen LogP contribution in [0.3, 0.4) is 0 Å². The van der Waals surface area contributed by atoms with Crippen LogP contribution in [0.1, 0.15) is 47.2 Å². The molecule has 0 saturated carbocycles. The third kappa shape index (κ3) is 5.24. The van der Waals surface area contributed by atoms with Crippen molar-refractivity contribution in [2.24, 2.45) is 0 Å². The van der Waals surface area contributed by atoms with E-state index in [-0.39, 0.29) is 11.9 Å². The highest BCUT2D eigenvalue weighted by atomic mass is 32.1. The van der Waals surface area contributed by atoms with Crippen LogP contribution in [0.2, 0.25) is 0 Å². The van der Waals surface area contributed by atoms with Gasteiger partial charge in [0.2, 0.25) is 0 Å². The molecule has 6 nitrogen and oxygen atoms in total. The van der Waals surface area contributed by atoms with Crippen molar-refractivity contribution in [2.75, 3.05) is 31.5 Å². The topological polar surface area (TPSA) is 72.3 Å². The molecule has 210 valence electrons. The lowest BCUT2D eigenvalue weighted by molar-refractivity contribution is 0.0710. The predicted molar refractivity (Wildman–Crippen MR) is 171 cm³/mol. The van der Waals surface area contributed by atoms with Crippen LogP contribution in [0.15, 0.2) is 78.2 Å². The number of carbonyl (C=O) groups excluding carboxylic acids is 1. The van der Waals surface area contributed by atoms with Crippen LogP contribution >= 0.6 is 11.3 Å². The molecule has 2 fully saturated rings. The molecule has 7 rings (SSSR count). The summed E-state index contributed by atoms with van der Waals surface area (Å²) in [5, 5.41) is 17.1. The number of aromatic nitrogens is 1. The molecule has 0 unspecified atom stereocenters. The van der Waals surface area contributed by atoms with E-state index in [1.165, 1.54) is 28.5 Å². The van der Waals surface area contributed by atoms with Gasteiger partial charge in [-0.05, 0) is 103 Å². The fraction of sp³-hybridized carbons (Fsp3) is 0.286. The summed E-state index contributed by atoms with van der Waals surface area (Å²) >= 11 is 1.75. The van der Waals surface area contributed by atoms with Gasteiger partial charge >= 0.3 is 0 Å². The lowest BCUT2D eigenvalue weighted by Crippen LogP contribution is -2.42. The number of anilines is 1. The first-order valence-corrected chi connectivity index (χ1v) is 15.7. The van der Waals surface area contributed by atoms with Gasteiger partial charge in [-0.25, -0.2) is 4.98 Å². The van der Waals surface area contributed by atoms with Gasteiger partial charge in [0, 0.05) is 35.8 Å². The molecule has 1 amide bonds. The molecule has 1 N–H and O–H groups in total. The quantitative estimate of drug-likeness (QED) is 0.222. The first kappa shape index (κ1) is 26.6. The molecule has 3 aromatic carbocycles. The van der Waals surface area contributed by atoms with E-state index >= 15 is 0 Å². The Morgan fingerprint density at radius 2 is 1.76 bits per heavy atom. The largest absolute Gasteiger partial charge is 0.366 e. The summed E-state index contributed by atoms with van der Waals surface area (Å²) in [5.74, 6) is 0.799. The normalized spacial score (nSPS) is 17.2. The molecule has 7 heteroatoms. The van der Waals surface area contributed by atoms with Gasteiger partial charge in [0.1, 0.15) is 5.82 Å². The Bertz CT molecular complexity index is 1800. The number of hydrogen-bond acceptors (Lipinski definition) is 6. The molecule has 0 radical (unpaired) electrons. The van der Waals surface area contributed by atoms with E-state index in [0.717, 1.165) is 61.1 Å². The van der Waals surface area contributed by atoms with Crippen molar-refractivity contribution < 1.29 is 4.79 Å². The van der Waals surface area contributed by atoms with Gasteiger partial charge in [0.15, 0.2) is 0 Å². The third-order valence-electron chi connectivity index (χ3n) is 8.71. The summed E-state index contributed by atoms with van der Waals surface area (Å²) < 4.78 is 1.27. The minimum absolute atomic E-state index is 0.0881. The highest BCUT2D eigenvalue weighted by molar-refractivity contribution is 7.17. The Morgan fingerprint density at radius 1 is 0.952 bits per heavy atom. The zero-order valence-electron chi connectivity index (χ0n) is 23.6. The maximum atomic E-state index is 14.4. The number of rotatable bonds is 7. The van der Waals surface area contributed by atoms with Crippen LogP contribution in [0, 0.1) is 11.3 Å². The standard InChI is InChI=1S/C35H33N5OS/c36-20-24-9-11-25(12-10-24)26-13-14-32-30(18-26)31(35(41)40-17-5-6-28(40)22-39-15-3-4-16-39)19-34(38-32)37-21-27-23-42-33-8-2-1-7-29(27)33/h1-2,7-14,18-19,23,28H,3-6,15-17,21-22H2,(H,37,38)/t28-/m0/s1. The average Bonchev–Trinajstić information content (AvgIpc) is 3.81. The number of carbonyl (C=O) groups is 1. The molecule has 0 aliphatic carbocycles. The molecule has 2 aromatic heterocycles. The molecule has 0 bridgehead atoms. The Labute approximate surface area is 250 Å². The second-order valence-corrected chi connectivity index (χ2v) is 12.3. The van der Waals surface area contributed by atoms with Crippen molar-refractivity contribution >= 4 is 44.1 Å². The summed E-state index contributed by atoms with van der Waals surface area (Å²) in [5.41, 5.74) is 5.36. The van der Waals surface area contributed by atoms with Crippen molar-refractivity contribution in [3.8, 4) is 17.2 Å². The van der Waals surface area contributed by atoms with Crippen molar-refractivity contribution in [3.05, 3.63) is 94.9 Å². The number of pyridine rings is 1. The monoisotopic (exact) mass is 571 g/mol. The number of nitrogens with one attached hydrogen (secondary N) is 1.